The lowest BCUT2D eigenvalue weighted by Gasteiger charge is -2.22. The van der Waals surface area contributed by atoms with Crippen molar-refractivity contribution < 1.29 is 9.90 Å². The van der Waals surface area contributed by atoms with Gasteiger partial charge < -0.3 is 15.0 Å². The number of carbonyl (C=O) groups is 1. The number of nitrogens with zero attached hydrogens (tertiary/aromatic N) is 1. The predicted molar refractivity (Wildman–Crippen MR) is 82.3 cm³/mol. The molecule has 0 aliphatic rings. The van der Waals surface area contributed by atoms with Crippen LogP contribution in [0.5, 0.6) is 0 Å². The summed E-state index contributed by atoms with van der Waals surface area (Å²) >= 11 is 6.87. The number of hydrogen-bond acceptors (Lipinski definition) is 2. The van der Waals surface area contributed by atoms with Crippen LogP contribution < -0.4 is 0 Å². The maximum absolute atomic E-state index is 12.4. The Morgan fingerprint density at radius 3 is 2.68 bits per heavy atom. The number of H-pyrrole nitrogens is 1. The maximum Gasteiger partial charge on any atom is 0.256 e. The Hall–Kier alpha value is -0.850. The minimum Gasteiger partial charge on any atom is -0.394 e. The molecule has 2 N–H and O–H groups in total. The minimum atomic E-state index is -0.212. The topological polar surface area (TPSA) is 56.3 Å². The SMILES string of the molecule is CC(CO)N(C)C(=O)c1c[nH]c2cc(Br)c(Br)cc12. The van der Waals surface area contributed by atoms with Crippen LogP contribution in [0.4, 0.5) is 0 Å². The van der Waals surface area contributed by atoms with Crippen LogP contribution in [-0.2, 0) is 0 Å². The van der Waals surface area contributed by atoms with Crippen molar-refractivity contribution in [2.24, 2.45) is 0 Å². The van der Waals surface area contributed by atoms with Crippen LogP contribution in [-0.4, -0.2) is 40.6 Å². The van der Waals surface area contributed by atoms with Crippen LogP contribution in [0.25, 0.3) is 10.9 Å². The van der Waals surface area contributed by atoms with Crippen LogP contribution in [0, 0.1) is 0 Å². The molecule has 0 fully saturated rings. The molecule has 0 radical (unpaired) electrons. The van der Waals surface area contributed by atoms with Gasteiger partial charge in [0.2, 0.25) is 0 Å². The molecule has 0 aliphatic carbocycles. The van der Waals surface area contributed by atoms with Gasteiger partial charge in [0, 0.05) is 33.1 Å². The van der Waals surface area contributed by atoms with Crippen molar-refractivity contribution in [3.63, 3.8) is 0 Å². The van der Waals surface area contributed by atoms with Gasteiger partial charge in [0.15, 0.2) is 0 Å². The summed E-state index contributed by atoms with van der Waals surface area (Å²) in [5.41, 5.74) is 1.49. The van der Waals surface area contributed by atoms with E-state index in [1.54, 1.807) is 25.1 Å². The Morgan fingerprint density at radius 2 is 2.05 bits per heavy atom. The van der Waals surface area contributed by atoms with Crippen molar-refractivity contribution in [1.82, 2.24) is 9.88 Å². The number of aliphatic hydroxyl groups excluding tert-OH is 1. The summed E-state index contributed by atoms with van der Waals surface area (Å²) < 4.78 is 1.82. The number of amides is 1. The number of aromatic amines is 1. The largest absolute Gasteiger partial charge is 0.394 e. The van der Waals surface area contributed by atoms with Crippen molar-refractivity contribution in [3.8, 4) is 0 Å². The quantitative estimate of drug-likeness (QED) is 0.847. The molecule has 102 valence electrons. The highest BCUT2D eigenvalue weighted by atomic mass is 79.9. The average molecular weight is 390 g/mol. The van der Waals surface area contributed by atoms with E-state index in [1.807, 2.05) is 12.1 Å². The number of nitrogens with one attached hydrogen (secondary N) is 1. The normalized spacial score (nSPS) is 12.7. The summed E-state index contributed by atoms with van der Waals surface area (Å²) in [5, 5.41) is 9.99. The first-order valence-electron chi connectivity index (χ1n) is 5.79. The van der Waals surface area contributed by atoms with Crippen molar-refractivity contribution >= 4 is 48.7 Å². The van der Waals surface area contributed by atoms with Gasteiger partial charge in [-0.1, -0.05) is 0 Å². The third kappa shape index (κ3) is 2.70. The molecule has 1 atom stereocenters. The zero-order valence-corrected chi connectivity index (χ0v) is 13.7. The molecule has 0 saturated carbocycles. The number of carbonyl (C=O) groups excluding carboxylic acids is 1. The molecule has 1 aromatic heterocycles. The standard InChI is InChI=1S/C13H14Br2N2O2/c1-7(6-18)17(2)13(19)9-5-16-12-4-11(15)10(14)3-8(9)12/h3-5,7,16,18H,6H2,1-2H3. The molecule has 2 aromatic rings. The lowest BCUT2D eigenvalue weighted by Crippen LogP contribution is -2.37. The van der Waals surface area contributed by atoms with E-state index in [4.69, 9.17) is 5.11 Å². The van der Waals surface area contributed by atoms with Crippen LogP contribution in [0.1, 0.15) is 17.3 Å². The third-order valence-electron chi connectivity index (χ3n) is 3.20. The van der Waals surface area contributed by atoms with Gasteiger partial charge in [-0.05, 0) is 50.9 Å². The zero-order chi connectivity index (χ0) is 14.2. The van der Waals surface area contributed by atoms with Gasteiger partial charge in [-0.3, -0.25) is 4.79 Å². The van der Waals surface area contributed by atoms with Crippen LogP contribution in [0.3, 0.4) is 0 Å². The number of fused-ring (bicyclic) bond motifs is 1. The first-order valence-corrected chi connectivity index (χ1v) is 7.38. The second-order valence-corrected chi connectivity index (χ2v) is 6.17. The van der Waals surface area contributed by atoms with Gasteiger partial charge in [0.05, 0.1) is 18.2 Å². The zero-order valence-electron chi connectivity index (χ0n) is 10.6. The highest BCUT2D eigenvalue weighted by Gasteiger charge is 2.20. The van der Waals surface area contributed by atoms with Gasteiger partial charge in [-0.25, -0.2) is 0 Å². The van der Waals surface area contributed by atoms with E-state index in [2.05, 4.69) is 36.8 Å². The number of aliphatic hydroxyl groups is 1. The van der Waals surface area contributed by atoms with E-state index in [9.17, 15) is 4.79 Å². The van der Waals surface area contributed by atoms with Gasteiger partial charge in [-0.2, -0.15) is 0 Å². The predicted octanol–water partition coefficient (Wildman–Crippen LogP) is 3.15. The summed E-state index contributed by atoms with van der Waals surface area (Å²) in [7, 11) is 1.69. The molecular formula is C13H14Br2N2O2. The summed E-state index contributed by atoms with van der Waals surface area (Å²) in [4.78, 5) is 17.0. The lowest BCUT2D eigenvalue weighted by atomic mass is 10.1. The fourth-order valence-corrected chi connectivity index (χ4v) is 2.49. The van der Waals surface area contributed by atoms with Gasteiger partial charge in [0.25, 0.3) is 5.91 Å². The van der Waals surface area contributed by atoms with Gasteiger partial charge in [0.1, 0.15) is 0 Å². The molecule has 0 bridgehead atoms. The smallest absolute Gasteiger partial charge is 0.256 e. The molecule has 2 rings (SSSR count). The number of benzene rings is 1. The van der Waals surface area contributed by atoms with Gasteiger partial charge in [-0.15, -0.1) is 0 Å². The molecule has 0 saturated heterocycles. The van der Waals surface area contributed by atoms with Crippen molar-refractivity contribution in [2.45, 2.75) is 13.0 Å². The first-order chi connectivity index (χ1) is 8.95. The van der Waals surface area contributed by atoms with E-state index in [1.165, 1.54) is 0 Å². The highest BCUT2D eigenvalue weighted by molar-refractivity contribution is 9.13. The Bertz CT molecular complexity index is 624. The summed E-state index contributed by atoms with van der Waals surface area (Å²) in [6, 6.07) is 3.61. The summed E-state index contributed by atoms with van der Waals surface area (Å²) in [6.45, 7) is 1.75. The molecule has 1 amide bonds. The Labute approximate surface area is 128 Å². The molecule has 6 heteroatoms. The van der Waals surface area contributed by atoms with E-state index < -0.39 is 0 Å². The molecule has 0 spiro atoms. The molecule has 4 nitrogen and oxygen atoms in total. The summed E-state index contributed by atoms with van der Waals surface area (Å²) in [6.07, 6.45) is 1.70. The highest BCUT2D eigenvalue weighted by Crippen LogP contribution is 2.30. The minimum absolute atomic E-state index is 0.0557. The summed E-state index contributed by atoms with van der Waals surface area (Å²) in [5.74, 6) is -0.109. The van der Waals surface area contributed by atoms with E-state index in [0.717, 1.165) is 19.8 Å². The number of aromatic nitrogens is 1. The Morgan fingerprint density at radius 1 is 1.42 bits per heavy atom. The molecule has 0 aliphatic heterocycles. The van der Waals surface area contributed by atoms with Gasteiger partial charge >= 0.3 is 0 Å². The molecular weight excluding hydrogens is 376 g/mol. The molecule has 1 aromatic carbocycles. The molecule has 1 heterocycles. The van der Waals surface area contributed by atoms with Crippen LogP contribution in [0.15, 0.2) is 27.3 Å². The Kier molecular flexibility index (Phi) is 4.32. The Balaban J connectivity index is 2.46. The van der Waals surface area contributed by atoms with Crippen LogP contribution in [0.2, 0.25) is 0 Å². The first kappa shape index (κ1) is 14.6. The van der Waals surface area contributed by atoms with E-state index >= 15 is 0 Å². The molecule has 19 heavy (non-hydrogen) atoms. The van der Waals surface area contributed by atoms with Crippen molar-refractivity contribution in [1.29, 1.82) is 0 Å². The number of likely N-dealkylation sites (N-methyl/N-ethyl adjacent to an activating group) is 1. The fraction of sp³-hybridized carbons (Fsp3) is 0.308. The number of rotatable bonds is 3. The average Bonchev–Trinajstić information content (AvgIpc) is 2.79. The monoisotopic (exact) mass is 388 g/mol. The fourth-order valence-electron chi connectivity index (χ4n) is 1.81. The third-order valence-corrected chi connectivity index (χ3v) is 5.04. The molecule has 1 unspecified atom stereocenters. The number of halogens is 2. The second-order valence-electron chi connectivity index (χ2n) is 4.46. The lowest BCUT2D eigenvalue weighted by molar-refractivity contribution is 0.0684. The second kappa shape index (κ2) is 5.64. The van der Waals surface area contributed by atoms with E-state index in [-0.39, 0.29) is 18.6 Å². The number of hydrogen-bond donors (Lipinski definition) is 2. The van der Waals surface area contributed by atoms with Crippen molar-refractivity contribution in [3.05, 3.63) is 32.8 Å². The maximum atomic E-state index is 12.4. The van der Waals surface area contributed by atoms with Crippen LogP contribution >= 0.6 is 31.9 Å². The van der Waals surface area contributed by atoms with E-state index in [0.29, 0.717) is 5.56 Å². The van der Waals surface area contributed by atoms with Crippen molar-refractivity contribution in [2.75, 3.05) is 13.7 Å².